The van der Waals surface area contributed by atoms with E-state index >= 15 is 0 Å². The SMILES string of the molecule is O=C(CCCCCCNC(=O)CCc1ccc(-c2ccc3cc[nH]c3c2)cc1)NO. The van der Waals surface area contributed by atoms with Gasteiger partial charge in [0.2, 0.25) is 11.8 Å². The number of hydrogen-bond acceptors (Lipinski definition) is 3. The van der Waals surface area contributed by atoms with Crippen molar-refractivity contribution in [2.24, 2.45) is 0 Å². The van der Waals surface area contributed by atoms with E-state index in [0.29, 0.717) is 19.4 Å². The van der Waals surface area contributed by atoms with Crippen molar-refractivity contribution in [3.8, 4) is 11.1 Å². The van der Waals surface area contributed by atoms with Crippen molar-refractivity contribution in [3.05, 3.63) is 60.3 Å². The molecule has 0 aliphatic heterocycles. The molecule has 0 aliphatic rings. The molecule has 3 aromatic rings. The third-order valence-corrected chi connectivity index (χ3v) is 5.26. The van der Waals surface area contributed by atoms with E-state index in [-0.39, 0.29) is 11.8 Å². The maximum Gasteiger partial charge on any atom is 0.243 e. The summed E-state index contributed by atoms with van der Waals surface area (Å²) in [6.07, 6.45) is 6.98. The van der Waals surface area contributed by atoms with Gasteiger partial charge in [-0.25, -0.2) is 5.48 Å². The van der Waals surface area contributed by atoms with E-state index in [9.17, 15) is 9.59 Å². The van der Waals surface area contributed by atoms with Crippen molar-refractivity contribution in [2.45, 2.75) is 44.9 Å². The molecule has 4 N–H and O–H groups in total. The lowest BCUT2D eigenvalue weighted by Gasteiger charge is -2.07. The molecule has 2 amide bonds. The maximum atomic E-state index is 12.0. The van der Waals surface area contributed by atoms with Crippen LogP contribution < -0.4 is 10.8 Å². The first-order chi connectivity index (χ1) is 14.7. The molecule has 6 heteroatoms. The molecule has 0 atom stereocenters. The van der Waals surface area contributed by atoms with Crippen LogP contribution >= 0.6 is 0 Å². The lowest BCUT2D eigenvalue weighted by Crippen LogP contribution is -2.24. The zero-order valence-corrected chi connectivity index (χ0v) is 17.1. The van der Waals surface area contributed by atoms with E-state index in [1.54, 1.807) is 5.48 Å². The normalized spacial score (nSPS) is 10.8. The quantitative estimate of drug-likeness (QED) is 0.216. The highest BCUT2D eigenvalue weighted by molar-refractivity contribution is 5.84. The molecule has 2 aromatic carbocycles. The smallest absolute Gasteiger partial charge is 0.243 e. The summed E-state index contributed by atoms with van der Waals surface area (Å²) in [5.41, 5.74) is 6.24. The van der Waals surface area contributed by atoms with E-state index in [1.807, 2.05) is 6.20 Å². The van der Waals surface area contributed by atoms with E-state index < -0.39 is 0 Å². The molecule has 6 nitrogen and oxygen atoms in total. The molecule has 0 saturated heterocycles. The van der Waals surface area contributed by atoms with Gasteiger partial charge in [0.1, 0.15) is 0 Å². The second-order valence-electron chi connectivity index (χ2n) is 7.53. The Labute approximate surface area is 176 Å². The van der Waals surface area contributed by atoms with Crippen LogP contribution in [0.1, 0.15) is 44.1 Å². The molecule has 0 aliphatic carbocycles. The zero-order chi connectivity index (χ0) is 21.2. The van der Waals surface area contributed by atoms with Gasteiger partial charge in [-0.3, -0.25) is 14.8 Å². The van der Waals surface area contributed by atoms with Crippen LogP contribution in [0.15, 0.2) is 54.7 Å². The predicted molar refractivity (Wildman–Crippen MR) is 118 cm³/mol. The molecule has 0 radical (unpaired) electrons. The molecule has 1 aromatic heterocycles. The van der Waals surface area contributed by atoms with Gasteiger partial charge in [-0.1, -0.05) is 49.2 Å². The summed E-state index contributed by atoms with van der Waals surface area (Å²) in [4.78, 5) is 26.2. The Morgan fingerprint density at radius 3 is 2.40 bits per heavy atom. The van der Waals surface area contributed by atoms with Crippen molar-refractivity contribution in [2.75, 3.05) is 6.54 Å². The van der Waals surface area contributed by atoms with Gasteiger partial charge in [-0.2, -0.15) is 0 Å². The summed E-state index contributed by atoms with van der Waals surface area (Å²) in [5, 5.41) is 12.6. The monoisotopic (exact) mass is 407 g/mol. The lowest BCUT2D eigenvalue weighted by atomic mass is 10.0. The first-order valence-electron chi connectivity index (χ1n) is 10.5. The summed E-state index contributed by atoms with van der Waals surface area (Å²) in [6.45, 7) is 0.658. The highest BCUT2D eigenvalue weighted by atomic mass is 16.5. The largest absolute Gasteiger partial charge is 0.361 e. The number of nitrogens with one attached hydrogen (secondary N) is 3. The Balaban J connectivity index is 1.34. The summed E-state index contributed by atoms with van der Waals surface area (Å²) < 4.78 is 0. The number of hydrogen-bond donors (Lipinski definition) is 4. The second kappa shape index (κ2) is 11.2. The second-order valence-corrected chi connectivity index (χ2v) is 7.53. The van der Waals surface area contributed by atoms with Crippen LogP contribution in [-0.4, -0.2) is 28.6 Å². The fourth-order valence-electron chi connectivity index (χ4n) is 3.49. The van der Waals surface area contributed by atoms with Gasteiger partial charge in [0, 0.05) is 31.1 Å². The van der Waals surface area contributed by atoms with E-state index in [1.165, 1.54) is 10.9 Å². The zero-order valence-electron chi connectivity index (χ0n) is 17.1. The van der Waals surface area contributed by atoms with Crippen LogP contribution in [0.3, 0.4) is 0 Å². The Kier molecular flexibility index (Phi) is 8.03. The van der Waals surface area contributed by atoms with Crippen LogP contribution in [0.25, 0.3) is 22.0 Å². The number of aromatic nitrogens is 1. The minimum atomic E-state index is -0.349. The van der Waals surface area contributed by atoms with Crippen molar-refractivity contribution >= 4 is 22.7 Å². The first kappa shape index (κ1) is 21.6. The van der Waals surface area contributed by atoms with Gasteiger partial charge < -0.3 is 10.3 Å². The number of rotatable bonds is 11. The summed E-state index contributed by atoms with van der Waals surface area (Å²) in [7, 11) is 0. The number of aryl methyl sites for hydroxylation is 1. The van der Waals surface area contributed by atoms with Gasteiger partial charge >= 0.3 is 0 Å². The van der Waals surface area contributed by atoms with Crippen LogP contribution in [-0.2, 0) is 16.0 Å². The highest BCUT2D eigenvalue weighted by Gasteiger charge is 2.04. The third kappa shape index (κ3) is 6.46. The standard InChI is InChI=1S/C24H29N3O3/c28-23(26-15-4-2-1-3-5-24(29)27-30)13-8-18-6-9-19(10-7-18)21-12-11-20-14-16-25-22(20)17-21/h6-7,9-12,14,16-17,25,30H,1-5,8,13,15H2,(H,26,28)(H,27,29). The number of H-pyrrole nitrogens is 1. The predicted octanol–water partition coefficient (Wildman–Crippen LogP) is 4.34. The highest BCUT2D eigenvalue weighted by Crippen LogP contribution is 2.24. The van der Waals surface area contributed by atoms with E-state index in [4.69, 9.17) is 5.21 Å². The molecule has 158 valence electrons. The lowest BCUT2D eigenvalue weighted by molar-refractivity contribution is -0.129. The van der Waals surface area contributed by atoms with Gasteiger partial charge in [0.15, 0.2) is 0 Å². The number of benzene rings is 2. The summed E-state index contributed by atoms with van der Waals surface area (Å²) in [6, 6.07) is 16.8. The number of carbonyl (C=O) groups is 2. The van der Waals surface area contributed by atoms with E-state index in [0.717, 1.165) is 48.7 Å². The Morgan fingerprint density at radius 1 is 0.833 bits per heavy atom. The van der Waals surface area contributed by atoms with Gasteiger partial charge in [-0.05, 0) is 53.5 Å². The fraction of sp³-hybridized carbons (Fsp3) is 0.333. The third-order valence-electron chi connectivity index (χ3n) is 5.26. The minimum Gasteiger partial charge on any atom is -0.361 e. The Bertz CT molecular complexity index is 963. The molecule has 0 saturated carbocycles. The average molecular weight is 408 g/mol. The molecule has 30 heavy (non-hydrogen) atoms. The van der Waals surface area contributed by atoms with Crippen LogP contribution in [0.2, 0.25) is 0 Å². The fourth-order valence-corrected chi connectivity index (χ4v) is 3.49. The van der Waals surface area contributed by atoms with Crippen LogP contribution in [0.4, 0.5) is 0 Å². The van der Waals surface area contributed by atoms with Crippen molar-refractivity contribution in [1.82, 2.24) is 15.8 Å². The number of fused-ring (bicyclic) bond motifs is 1. The van der Waals surface area contributed by atoms with Crippen molar-refractivity contribution < 1.29 is 14.8 Å². The van der Waals surface area contributed by atoms with Crippen molar-refractivity contribution in [3.63, 3.8) is 0 Å². The number of amides is 2. The number of hydroxylamine groups is 1. The first-order valence-corrected chi connectivity index (χ1v) is 10.5. The maximum absolute atomic E-state index is 12.0. The number of aromatic amines is 1. The minimum absolute atomic E-state index is 0.0657. The summed E-state index contributed by atoms with van der Waals surface area (Å²) >= 11 is 0. The van der Waals surface area contributed by atoms with Crippen molar-refractivity contribution in [1.29, 1.82) is 0 Å². The van der Waals surface area contributed by atoms with Gasteiger partial charge in [-0.15, -0.1) is 0 Å². The molecule has 0 bridgehead atoms. The Morgan fingerprint density at radius 2 is 1.60 bits per heavy atom. The number of carbonyl (C=O) groups excluding carboxylic acids is 2. The van der Waals surface area contributed by atoms with Crippen LogP contribution in [0.5, 0.6) is 0 Å². The van der Waals surface area contributed by atoms with Gasteiger partial charge in [0.25, 0.3) is 0 Å². The molecule has 1 heterocycles. The molecular weight excluding hydrogens is 378 g/mol. The summed E-state index contributed by atoms with van der Waals surface area (Å²) in [5.74, 6) is -0.283. The topological polar surface area (TPSA) is 94.2 Å². The molecule has 0 fully saturated rings. The number of unbranched alkanes of at least 4 members (excludes halogenated alkanes) is 3. The Hall–Kier alpha value is -3.12. The van der Waals surface area contributed by atoms with Crippen LogP contribution in [0, 0.1) is 0 Å². The molecule has 0 spiro atoms. The molecule has 0 unspecified atom stereocenters. The molecular formula is C24H29N3O3. The average Bonchev–Trinajstić information content (AvgIpc) is 3.25. The van der Waals surface area contributed by atoms with E-state index in [2.05, 4.69) is 58.8 Å². The molecule has 3 rings (SSSR count). The van der Waals surface area contributed by atoms with Gasteiger partial charge in [0.05, 0.1) is 0 Å².